The van der Waals surface area contributed by atoms with Gasteiger partial charge in [-0.1, -0.05) is 61.7 Å². The van der Waals surface area contributed by atoms with Gasteiger partial charge in [-0.3, -0.25) is 0 Å². The number of rotatable bonds is 7. The second-order valence-electron chi connectivity index (χ2n) is 7.41. The largest absolute Gasteiger partial charge is 0.240 e. The molecule has 1 aliphatic carbocycles. The van der Waals surface area contributed by atoms with Crippen molar-refractivity contribution in [2.24, 2.45) is 5.92 Å². The van der Waals surface area contributed by atoms with E-state index < -0.39 is 0 Å². The van der Waals surface area contributed by atoms with Gasteiger partial charge < -0.3 is 0 Å². The maximum absolute atomic E-state index is 5.70. The normalized spacial score (nSPS) is 20.5. The SMILES string of the molecule is CCCCCc1ccc(-c2cnc(C3CCC(C=CCl)CC3)nc2)cc1. The Morgan fingerprint density at radius 2 is 1.65 bits per heavy atom. The molecule has 1 fully saturated rings. The summed E-state index contributed by atoms with van der Waals surface area (Å²) in [6, 6.07) is 8.88. The van der Waals surface area contributed by atoms with E-state index in [0.29, 0.717) is 11.8 Å². The van der Waals surface area contributed by atoms with Gasteiger partial charge in [-0.2, -0.15) is 0 Å². The highest BCUT2D eigenvalue weighted by molar-refractivity contribution is 6.25. The minimum Gasteiger partial charge on any atom is -0.240 e. The molecule has 1 heterocycles. The molecule has 0 amide bonds. The summed E-state index contributed by atoms with van der Waals surface area (Å²) in [5.41, 5.74) is 5.38. The fourth-order valence-corrected chi connectivity index (χ4v) is 4.02. The average molecular weight is 369 g/mol. The molecule has 0 atom stereocenters. The highest BCUT2D eigenvalue weighted by Crippen LogP contribution is 2.35. The van der Waals surface area contributed by atoms with Gasteiger partial charge in [-0.05, 0) is 55.6 Å². The Bertz CT molecular complexity index is 683. The smallest absolute Gasteiger partial charge is 0.131 e. The Morgan fingerprint density at radius 3 is 2.27 bits per heavy atom. The molecule has 26 heavy (non-hydrogen) atoms. The molecular weight excluding hydrogens is 340 g/mol. The summed E-state index contributed by atoms with van der Waals surface area (Å²) in [5, 5.41) is 0. The maximum Gasteiger partial charge on any atom is 0.131 e. The molecule has 0 radical (unpaired) electrons. The van der Waals surface area contributed by atoms with E-state index in [1.54, 1.807) is 5.54 Å². The fraction of sp³-hybridized carbons (Fsp3) is 0.478. The third kappa shape index (κ3) is 5.17. The summed E-state index contributed by atoms with van der Waals surface area (Å²) < 4.78 is 0. The van der Waals surface area contributed by atoms with Crippen LogP contribution in [0.15, 0.2) is 48.3 Å². The first kappa shape index (κ1) is 19.1. The van der Waals surface area contributed by atoms with Crippen LogP contribution in [0.2, 0.25) is 0 Å². The van der Waals surface area contributed by atoms with Crippen molar-refractivity contribution < 1.29 is 0 Å². The van der Waals surface area contributed by atoms with Crippen LogP contribution < -0.4 is 0 Å². The number of aromatic nitrogens is 2. The quantitative estimate of drug-likeness (QED) is 0.496. The van der Waals surface area contributed by atoms with Crippen LogP contribution in [0.1, 0.15) is 69.2 Å². The van der Waals surface area contributed by atoms with Crippen LogP contribution in [0.5, 0.6) is 0 Å². The summed E-state index contributed by atoms with van der Waals surface area (Å²) in [6.07, 6.45) is 15.8. The number of benzene rings is 1. The molecule has 0 bridgehead atoms. The molecule has 1 aromatic heterocycles. The lowest BCUT2D eigenvalue weighted by Gasteiger charge is -2.25. The van der Waals surface area contributed by atoms with Crippen LogP contribution in [-0.2, 0) is 6.42 Å². The van der Waals surface area contributed by atoms with Gasteiger partial charge in [0, 0.05) is 29.4 Å². The molecule has 1 aromatic carbocycles. The molecule has 0 aliphatic heterocycles. The average Bonchev–Trinajstić information content (AvgIpc) is 2.70. The van der Waals surface area contributed by atoms with E-state index in [2.05, 4.69) is 47.2 Å². The minimum absolute atomic E-state index is 0.491. The summed E-state index contributed by atoms with van der Waals surface area (Å²) in [5.74, 6) is 2.11. The Kier molecular flexibility index (Phi) is 7.25. The van der Waals surface area contributed by atoms with Crippen LogP contribution in [-0.4, -0.2) is 9.97 Å². The van der Waals surface area contributed by atoms with E-state index in [4.69, 9.17) is 11.6 Å². The van der Waals surface area contributed by atoms with Crippen LogP contribution in [0, 0.1) is 5.92 Å². The van der Waals surface area contributed by atoms with E-state index in [9.17, 15) is 0 Å². The number of allylic oxidation sites excluding steroid dienone is 1. The Labute approximate surface area is 162 Å². The molecule has 3 heteroatoms. The second-order valence-corrected chi connectivity index (χ2v) is 7.67. The molecule has 0 unspecified atom stereocenters. The lowest BCUT2D eigenvalue weighted by molar-refractivity contribution is 0.366. The van der Waals surface area contributed by atoms with Crippen molar-refractivity contribution in [3.05, 3.63) is 59.7 Å². The standard InChI is InChI=1S/C23H29ClN2/c1-2-3-4-5-18-6-10-20(11-7-18)22-16-25-23(26-17-22)21-12-8-19(9-13-21)14-15-24/h6-7,10-11,14-17,19,21H,2-5,8-9,12-13H2,1H3. The van der Waals surface area contributed by atoms with Crippen molar-refractivity contribution in [2.75, 3.05) is 0 Å². The van der Waals surface area contributed by atoms with Crippen molar-refractivity contribution >= 4 is 11.6 Å². The number of hydrogen-bond acceptors (Lipinski definition) is 2. The summed E-state index contributed by atoms with van der Waals surface area (Å²) in [6.45, 7) is 2.25. The molecule has 0 spiro atoms. The van der Waals surface area contributed by atoms with E-state index in [1.165, 1.54) is 49.7 Å². The topological polar surface area (TPSA) is 25.8 Å². The molecule has 1 aliphatic rings. The third-order valence-electron chi connectivity index (χ3n) is 5.51. The first-order chi connectivity index (χ1) is 12.8. The van der Waals surface area contributed by atoms with E-state index in [0.717, 1.165) is 24.2 Å². The maximum atomic E-state index is 5.70. The van der Waals surface area contributed by atoms with Crippen molar-refractivity contribution in [1.29, 1.82) is 0 Å². The second kappa shape index (κ2) is 9.87. The Morgan fingerprint density at radius 1 is 0.962 bits per heavy atom. The van der Waals surface area contributed by atoms with Gasteiger partial charge in [0.15, 0.2) is 0 Å². The van der Waals surface area contributed by atoms with Gasteiger partial charge in [0.25, 0.3) is 0 Å². The molecule has 2 aromatic rings. The fourth-order valence-electron chi connectivity index (χ4n) is 3.81. The number of unbranched alkanes of at least 4 members (excludes halogenated alkanes) is 2. The minimum atomic E-state index is 0.491. The lowest BCUT2D eigenvalue weighted by Crippen LogP contribution is -2.13. The lowest BCUT2D eigenvalue weighted by atomic mass is 9.81. The van der Waals surface area contributed by atoms with Gasteiger partial charge in [0.1, 0.15) is 5.82 Å². The van der Waals surface area contributed by atoms with Crippen LogP contribution in [0.25, 0.3) is 11.1 Å². The van der Waals surface area contributed by atoms with Gasteiger partial charge in [-0.25, -0.2) is 9.97 Å². The van der Waals surface area contributed by atoms with E-state index in [1.807, 2.05) is 12.4 Å². The zero-order valence-electron chi connectivity index (χ0n) is 15.7. The highest BCUT2D eigenvalue weighted by atomic mass is 35.5. The van der Waals surface area contributed by atoms with Crippen LogP contribution in [0.4, 0.5) is 0 Å². The summed E-state index contributed by atoms with van der Waals surface area (Å²) in [7, 11) is 0. The van der Waals surface area contributed by atoms with E-state index in [-0.39, 0.29) is 0 Å². The van der Waals surface area contributed by atoms with Gasteiger partial charge in [-0.15, -0.1) is 0 Å². The molecule has 3 rings (SSSR count). The number of nitrogens with zero attached hydrogens (tertiary/aromatic N) is 2. The predicted molar refractivity (Wildman–Crippen MR) is 110 cm³/mol. The van der Waals surface area contributed by atoms with E-state index >= 15 is 0 Å². The molecule has 1 saturated carbocycles. The van der Waals surface area contributed by atoms with Crippen molar-refractivity contribution in [3.63, 3.8) is 0 Å². The monoisotopic (exact) mass is 368 g/mol. The summed E-state index contributed by atoms with van der Waals surface area (Å²) >= 11 is 5.70. The van der Waals surface area contributed by atoms with Gasteiger partial charge in [0.05, 0.1) is 0 Å². The number of hydrogen-bond donors (Lipinski definition) is 0. The predicted octanol–water partition coefficient (Wildman–Crippen LogP) is 6.90. The Balaban J connectivity index is 1.59. The zero-order chi connectivity index (χ0) is 18.2. The van der Waals surface area contributed by atoms with Crippen LogP contribution >= 0.6 is 11.6 Å². The molecule has 138 valence electrons. The molecular formula is C23H29ClN2. The molecule has 2 nitrogen and oxygen atoms in total. The first-order valence-electron chi connectivity index (χ1n) is 9.98. The summed E-state index contributed by atoms with van der Waals surface area (Å²) in [4.78, 5) is 9.36. The molecule has 0 saturated heterocycles. The van der Waals surface area contributed by atoms with Crippen molar-refractivity contribution in [3.8, 4) is 11.1 Å². The molecule has 0 N–H and O–H groups in total. The highest BCUT2D eigenvalue weighted by Gasteiger charge is 2.22. The first-order valence-corrected chi connectivity index (χ1v) is 10.4. The third-order valence-corrected chi connectivity index (χ3v) is 5.66. The number of aryl methyl sites for hydroxylation is 1. The van der Waals surface area contributed by atoms with Crippen molar-refractivity contribution in [1.82, 2.24) is 9.97 Å². The Hall–Kier alpha value is -1.67. The van der Waals surface area contributed by atoms with Crippen LogP contribution in [0.3, 0.4) is 0 Å². The van der Waals surface area contributed by atoms with Gasteiger partial charge >= 0.3 is 0 Å². The number of halogens is 1. The van der Waals surface area contributed by atoms with Gasteiger partial charge in [0.2, 0.25) is 0 Å². The zero-order valence-corrected chi connectivity index (χ0v) is 16.5. The van der Waals surface area contributed by atoms with Crippen molar-refractivity contribution in [2.45, 2.75) is 64.2 Å².